The standard InChI is InChI=1S/C11H10ClNO2/c1-6-10(12)9-7(11(14)13-6)4-3-5-8(9)15-2/h3-5H,1-2H3,(H,13,14). The second kappa shape index (κ2) is 3.59. The summed E-state index contributed by atoms with van der Waals surface area (Å²) >= 11 is 6.13. The molecule has 15 heavy (non-hydrogen) atoms. The van der Waals surface area contributed by atoms with Crippen LogP contribution in [0.15, 0.2) is 23.0 Å². The lowest BCUT2D eigenvalue weighted by atomic mass is 10.1. The number of H-pyrrole nitrogens is 1. The maximum atomic E-state index is 11.7. The van der Waals surface area contributed by atoms with Crippen molar-refractivity contribution < 1.29 is 4.74 Å². The third kappa shape index (κ3) is 1.49. The van der Waals surface area contributed by atoms with Crippen molar-refractivity contribution in [2.24, 2.45) is 0 Å². The molecular weight excluding hydrogens is 214 g/mol. The largest absolute Gasteiger partial charge is 0.496 e. The number of hydrogen-bond acceptors (Lipinski definition) is 2. The molecule has 1 aromatic heterocycles. The highest BCUT2D eigenvalue weighted by atomic mass is 35.5. The van der Waals surface area contributed by atoms with Gasteiger partial charge in [0.2, 0.25) is 0 Å². The van der Waals surface area contributed by atoms with Gasteiger partial charge in [0, 0.05) is 11.1 Å². The van der Waals surface area contributed by atoms with Gasteiger partial charge < -0.3 is 9.72 Å². The zero-order chi connectivity index (χ0) is 11.0. The summed E-state index contributed by atoms with van der Waals surface area (Å²) in [4.78, 5) is 14.3. The monoisotopic (exact) mass is 223 g/mol. The van der Waals surface area contributed by atoms with Gasteiger partial charge in [0.15, 0.2) is 0 Å². The van der Waals surface area contributed by atoms with Crippen molar-refractivity contribution in [1.29, 1.82) is 0 Å². The summed E-state index contributed by atoms with van der Waals surface area (Å²) in [5.74, 6) is 0.617. The lowest BCUT2D eigenvalue weighted by molar-refractivity contribution is 0.420. The number of fused-ring (bicyclic) bond motifs is 1. The summed E-state index contributed by atoms with van der Waals surface area (Å²) in [5, 5.41) is 1.75. The van der Waals surface area contributed by atoms with E-state index in [0.29, 0.717) is 27.2 Å². The zero-order valence-corrected chi connectivity index (χ0v) is 9.18. The van der Waals surface area contributed by atoms with Crippen LogP contribution < -0.4 is 10.3 Å². The van der Waals surface area contributed by atoms with Crippen molar-refractivity contribution in [3.8, 4) is 5.75 Å². The lowest BCUT2D eigenvalue weighted by Crippen LogP contribution is -2.08. The summed E-state index contributed by atoms with van der Waals surface area (Å²) in [5.41, 5.74) is 0.504. The first-order chi connectivity index (χ1) is 7.15. The Morgan fingerprint density at radius 2 is 2.13 bits per heavy atom. The Kier molecular flexibility index (Phi) is 2.40. The molecule has 0 fully saturated rings. The Bertz CT molecular complexity index is 575. The molecule has 0 amide bonds. The SMILES string of the molecule is COc1cccc2c(=O)[nH]c(C)c(Cl)c12. The van der Waals surface area contributed by atoms with Crippen molar-refractivity contribution in [1.82, 2.24) is 4.98 Å². The fourth-order valence-corrected chi connectivity index (χ4v) is 1.84. The second-order valence-electron chi connectivity index (χ2n) is 3.28. The molecule has 0 saturated carbocycles. The number of aromatic nitrogens is 1. The molecule has 1 heterocycles. The third-order valence-electron chi connectivity index (χ3n) is 2.34. The molecule has 0 aliphatic carbocycles. The van der Waals surface area contributed by atoms with Crippen LogP contribution in [0.25, 0.3) is 10.8 Å². The van der Waals surface area contributed by atoms with Gasteiger partial charge in [-0.2, -0.15) is 0 Å². The number of aryl methyl sites for hydroxylation is 1. The highest BCUT2D eigenvalue weighted by molar-refractivity contribution is 6.36. The smallest absolute Gasteiger partial charge is 0.256 e. The van der Waals surface area contributed by atoms with E-state index >= 15 is 0 Å². The minimum atomic E-state index is -0.147. The molecule has 0 atom stereocenters. The Balaban J connectivity index is 3.03. The Morgan fingerprint density at radius 1 is 1.40 bits per heavy atom. The molecule has 0 spiro atoms. The van der Waals surface area contributed by atoms with Crippen molar-refractivity contribution in [2.45, 2.75) is 6.92 Å². The Morgan fingerprint density at radius 3 is 2.80 bits per heavy atom. The number of aromatic amines is 1. The van der Waals surface area contributed by atoms with E-state index in [9.17, 15) is 4.79 Å². The predicted molar refractivity (Wildman–Crippen MR) is 60.9 cm³/mol. The van der Waals surface area contributed by atoms with Crippen LogP contribution in [-0.2, 0) is 0 Å². The predicted octanol–water partition coefficient (Wildman–Crippen LogP) is 2.50. The van der Waals surface area contributed by atoms with Gasteiger partial charge in [0.1, 0.15) is 5.75 Å². The van der Waals surface area contributed by atoms with Crippen LogP contribution in [0.1, 0.15) is 5.69 Å². The van der Waals surface area contributed by atoms with Crippen LogP contribution in [0.5, 0.6) is 5.75 Å². The first-order valence-corrected chi connectivity index (χ1v) is 4.88. The highest BCUT2D eigenvalue weighted by Crippen LogP contribution is 2.31. The number of benzene rings is 1. The quantitative estimate of drug-likeness (QED) is 0.807. The van der Waals surface area contributed by atoms with Crippen LogP contribution in [0, 0.1) is 6.92 Å². The van der Waals surface area contributed by atoms with E-state index in [0.717, 1.165) is 0 Å². The average Bonchev–Trinajstić information content (AvgIpc) is 2.25. The summed E-state index contributed by atoms with van der Waals surface area (Å²) in [6.45, 7) is 1.76. The molecule has 3 nitrogen and oxygen atoms in total. The van der Waals surface area contributed by atoms with Gasteiger partial charge in [-0.1, -0.05) is 17.7 Å². The molecular formula is C11H10ClNO2. The maximum Gasteiger partial charge on any atom is 0.256 e. The first kappa shape index (κ1) is 10.1. The van der Waals surface area contributed by atoms with Gasteiger partial charge in [-0.25, -0.2) is 0 Å². The van der Waals surface area contributed by atoms with E-state index in [1.807, 2.05) is 0 Å². The van der Waals surface area contributed by atoms with Crippen molar-refractivity contribution in [3.63, 3.8) is 0 Å². The number of halogens is 1. The second-order valence-corrected chi connectivity index (χ2v) is 3.65. The van der Waals surface area contributed by atoms with Gasteiger partial charge in [0.05, 0.1) is 17.5 Å². The zero-order valence-electron chi connectivity index (χ0n) is 8.43. The molecule has 0 aliphatic heterocycles. The third-order valence-corrected chi connectivity index (χ3v) is 2.81. The fourth-order valence-electron chi connectivity index (χ4n) is 1.60. The molecule has 1 aromatic carbocycles. The minimum absolute atomic E-state index is 0.147. The average molecular weight is 224 g/mol. The van der Waals surface area contributed by atoms with E-state index in [2.05, 4.69) is 4.98 Å². The van der Waals surface area contributed by atoms with Gasteiger partial charge in [-0.15, -0.1) is 0 Å². The van der Waals surface area contributed by atoms with Crippen molar-refractivity contribution >= 4 is 22.4 Å². The molecule has 78 valence electrons. The molecule has 0 aliphatic rings. The minimum Gasteiger partial charge on any atom is -0.496 e. The van der Waals surface area contributed by atoms with Gasteiger partial charge >= 0.3 is 0 Å². The van der Waals surface area contributed by atoms with Crippen LogP contribution >= 0.6 is 11.6 Å². The van der Waals surface area contributed by atoms with Gasteiger partial charge in [-0.3, -0.25) is 4.79 Å². The number of pyridine rings is 1. The summed E-state index contributed by atoms with van der Waals surface area (Å²) in [6, 6.07) is 5.27. The Labute approximate surface area is 91.6 Å². The summed E-state index contributed by atoms with van der Waals surface area (Å²) in [7, 11) is 1.56. The molecule has 2 rings (SSSR count). The summed E-state index contributed by atoms with van der Waals surface area (Å²) in [6.07, 6.45) is 0. The molecule has 0 bridgehead atoms. The molecule has 0 radical (unpaired) electrons. The topological polar surface area (TPSA) is 42.1 Å². The van der Waals surface area contributed by atoms with E-state index in [-0.39, 0.29) is 5.56 Å². The first-order valence-electron chi connectivity index (χ1n) is 4.50. The van der Waals surface area contributed by atoms with E-state index in [1.165, 1.54) is 0 Å². The molecule has 4 heteroatoms. The molecule has 0 unspecified atom stereocenters. The lowest BCUT2D eigenvalue weighted by Gasteiger charge is -2.07. The van der Waals surface area contributed by atoms with E-state index in [4.69, 9.17) is 16.3 Å². The van der Waals surface area contributed by atoms with E-state index < -0.39 is 0 Å². The Hall–Kier alpha value is -1.48. The van der Waals surface area contributed by atoms with Crippen LogP contribution in [0.2, 0.25) is 5.02 Å². The number of hydrogen-bond donors (Lipinski definition) is 1. The van der Waals surface area contributed by atoms with Crippen LogP contribution in [0.4, 0.5) is 0 Å². The number of methoxy groups -OCH3 is 1. The fraction of sp³-hybridized carbons (Fsp3) is 0.182. The van der Waals surface area contributed by atoms with Gasteiger partial charge in [-0.05, 0) is 19.1 Å². The van der Waals surface area contributed by atoms with E-state index in [1.54, 1.807) is 32.2 Å². The van der Waals surface area contributed by atoms with Crippen molar-refractivity contribution in [3.05, 3.63) is 39.3 Å². The van der Waals surface area contributed by atoms with Crippen molar-refractivity contribution in [2.75, 3.05) is 7.11 Å². The molecule has 0 saturated heterocycles. The number of nitrogens with one attached hydrogen (secondary N) is 1. The highest BCUT2D eigenvalue weighted by Gasteiger charge is 2.10. The number of ether oxygens (including phenoxy) is 1. The van der Waals surface area contributed by atoms with Gasteiger partial charge in [0.25, 0.3) is 5.56 Å². The molecule has 2 aromatic rings. The van der Waals surface area contributed by atoms with Crippen LogP contribution in [0.3, 0.4) is 0 Å². The number of rotatable bonds is 1. The summed E-state index contributed by atoms with van der Waals surface area (Å²) < 4.78 is 5.18. The molecule has 1 N–H and O–H groups in total. The van der Waals surface area contributed by atoms with Crippen LogP contribution in [-0.4, -0.2) is 12.1 Å². The maximum absolute atomic E-state index is 11.7. The normalized spacial score (nSPS) is 10.6.